The molecule has 0 aliphatic carbocycles. The van der Waals surface area contributed by atoms with E-state index in [1.54, 1.807) is 0 Å². The zero-order chi connectivity index (χ0) is 17.1. The smallest absolute Gasteiger partial charge is 0.261 e. The van der Waals surface area contributed by atoms with E-state index in [-0.39, 0.29) is 11.9 Å². The normalized spacial score (nSPS) is 20.7. The van der Waals surface area contributed by atoms with E-state index in [0.29, 0.717) is 13.0 Å². The number of ether oxygens (including phenoxy) is 1. The van der Waals surface area contributed by atoms with Gasteiger partial charge in [0.1, 0.15) is 5.75 Å². The molecule has 1 fully saturated rings. The Morgan fingerprint density at radius 3 is 2.56 bits per heavy atom. The van der Waals surface area contributed by atoms with E-state index in [2.05, 4.69) is 34.5 Å². The van der Waals surface area contributed by atoms with Crippen LogP contribution in [0.25, 0.3) is 0 Å². The summed E-state index contributed by atoms with van der Waals surface area (Å²) in [4.78, 5) is 15.1. The molecule has 4 heteroatoms. The van der Waals surface area contributed by atoms with Gasteiger partial charge in [0.2, 0.25) is 0 Å². The van der Waals surface area contributed by atoms with E-state index in [0.717, 1.165) is 24.4 Å². The van der Waals surface area contributed by atoms with Crippen molar-refractivity contribution in [2.75, 3.05) is 19.6 Å². The number of hydrogen-bond donors (Lipinski definition) is 1. The Hall–Kier alpha value is -2.33. The minimum absolute atomic E-state index is 0.0173. The molecule has 1 N–H and O–H groups in total. The molecule has 0 unspecified atom stereocenters. The lowest BCUT2D eigenvalue weighted by molar-refractivity contribution is -0.127. The molecule has 4 nitrogen and oxygen atoms in total. The summed E-state index contributed by atoms with van der Waals surface area (Å²) in [6.45, 7) is 2.82. The monoisotopic (exact) mass is 336 g/mol. The van der Waals surface area contributed by atoms with Crippen molar-refractivity contribution in [3.63, 3.8) is 0 Å². The van der Waals surface area contributed by atoms with Crippen LogP contribution in [-0.4, -0.2) is 36.5 Å². The number of amides is 1. The molecule has 1 amide bonds. The van der Waals surface area contributed by atoms with Crippen LogP contribution < -0.4 is 10.1 Å². The van der Waals surface area contributed by atoms with Crippen molar-refractivity contribution < 1.29 is 9.53 Å². The van der Waals surface area contributed by atoms with Crippen LogP contribution in [0.5, 0.6) is 5.75 Å². The Morgan fingerprint density at radius 2 is 1.80 bits per heavy atom. The fourth-order valence-corrected chi connectivity index (χ4v) is 3.83. The number of fused-ring (bicyclic) bond motifs is 1. The van der Waals surface area contributed by atoms with Crippen LogP contribution in [0, 0.1) is 0 Å². The van der Waals surface area contributed by atoms with Crippen molar-refractivity contribution >= 4 is 5.91 Å². The zero-order valence-corrected chi connectivity index (χ0v) is 14.4. The van der Waals surface area contributed by atoms with E-state index >= 15 is 0 Å². The first-order valence-corrected chi connectivity index (χ1v) is 9.12. The summed E-state index contributed by atoms with van der Waals surface area (Å²) in [6.07, 6.45) is 2.71. The average Bonchev–Trinajstić information content (AvgIpc) is 3.32. The van der Waals surface area contributed by atoms with Crippen molar-refractivity contribution in [2.24, 2.45) is 0 Å². The highest BCUT2D eigenvalue weighted by Gasteiger charge is 2.30. The van der Waals surface area contributed by atoms with Crippen molar-refractivity contribution in [3.05, 3.63) is 65.7 Å². The van der Waals surface area contributed by atoms with Gasteiger partial charge in [-0.25, -0.2) is 0 Å². The molecule has 0 radical (unpaired) electrons. The van der Waals surface area contributed by atoms with Gasteiger partial charge in [-0.15, -0.1) is 0 Å². The second-order valence-electron chi connectivity index (χ2n) is 6.83. The summed E-state index contributed by atoms with van der Waals surface area (Å²) in [5, 5.41) is 3.13. The lowest BCUT2D eigenvalue weighted by atomic mass is 10.1. The van der Waals surface area contributed by atoms with E-state index in [4.69, 9.17) is 4.74 Å². The average molecular weight is 336 g/mol. The lowest BCUT2D eigenvalue weighted by Crippen LogP contribution is -2.42. The maximum atomic E-state index is 12.6. The number of likely N-dealkylation sites (tertiary alicyclic amines) is 1. The summed E-state index contributed by atoms with van der Waals surface area (Å²) >= 11 is 0. The molecule has 2 atom stereocenters. The molecule has 2 aromatic rings. The minimum atomic E-state index is -0.410. The summed E-state index contributed by atoms with van der Waals surface area (Å²) in [5.74, 6) is 0.818. The lowest BCUT2D eigenvalue weighted by Gasteiger charge is -2.28. The van der Waals surface area contributed by atoms with E-state index in [1.807, 2.05) is 30.3 Å². The van der Waals surface area contributed by atoms with Gasteiger partial charge in [-0.1, -0.05) is 48.5 Å². The standard InChI is InChI=1S/C21H24N2O2/c24-21(20-14-17-10-4-5-11-19(17)25-20)22-15-18(23-12-6-7-13-23)16-8-2-1-3-9-16/h1-5,8-11,18,20H,6-7,12-15H2,(H,22,24)/t18-,20-/m1/s1. The van der Waals surface area contributed by atoms with Gasteiger partial charge in [0.25, 0.3) is 5.91 Å². The van der Waals surface area contributed by atoms with Crippen LogP contribution in [0.2, 0.25) is 0 Å². The van der Waals surface area contributed by atoms with E-state index in [1.165, 1.54) is 18.4 Å². The second kappa shape index (κ2) is 7.28. The third-order valence-corrected chi connectivity index (χ3v) is 5.17. The third-order valence-electron chi connectivity index (χ3n) is 5.17. The van der Waals surface area contributed by atoms with Gasteiger partial charge in [0.15, 0.2) is 6.10 Å². The largest absolute Gasteiger partial charge is 0.480 e. The number of carbonyl (C=O) groups is 1. The second-order valence-corrected chi connectivity index (χ2v) is 6.83. The Morgan fingerprint density at radius 1 is 1.08 bits per heavy atom. The minimum Gasteiger partial charge on any atom is -0.480 e. The van der Waals surface area contributed by atoms with Gasteiger partial charge in [-0.2, -0.15) is 0 Å². The van der Waals surface area contributed by atoms with Gasteiger partial charge < -0.3 is 10.1 Å². The van der Waals surface area contributed by atoms with Crippen LogP contribution >= 0.6 is 0 Å². The Balaban J connectivity index is 1.40. The molecular weight excluding hydrogens is 312 g/mol. The van der Waals surface area contributed by atoms with Crippen molar-refractivity contribution in [1.82, 2.24) is 10.2 Å². The van der Waals surface area contributed by atoms with Crippen molar-refractivity contribution in [2.45, 2.75) is 31.4 Å². The molecule has 1 saturated heterocycles. The highest BCUT2D eigenvalue weighted by Crippen LogP contribution is 2.28. The van der Waals surface area contributed by atoms with Crippen LogP contribution in [0.3, 0.4) is 0 Å². The Bertz CT molecular complexity index is 701. The first kappa shape index (κ1) is 16.2. The number of benzene rings is 2. The molecule has 0 saturated carbocycles. The first-order chi connectivity index (χ1) is 12.3. The molecule has 0 spiro atoms. The molecule has 2 aromatic carbocycles. The van der Waals surface area contributed by atoms with Crippen molar-refractivity contribution in [1.29, 1.82) is 0 Å². The van der Waals surface area contributed by atoms with Crippen LogP contribution in [-0.2, 0) is 11.2 Å². The highest BCUT2D eigenvalue weighted by molar-refractivity contribution is 5.82. The fraction of sp³-hybridized carbons (Fsp3) is 0.381. The molecule has 130 valence electrons. The molecule has 2 aliphatic rings. The molecule has 2 aliphatic heterocycles. The number of hydrogen-bond acceptors (Lipinski definition) is 3. The SMILES string of the molecule is O=C(NC[C@H](c1ccccc1)N1CCCC1)[C@H]1Cc2ccccc2O1. The van der Waals surface area contributed by atoms with Gasteiger partial charge in [-0.3, -0.25) is 9.69 Å². The first-order valence-electron chi connectivity index (χ1n) is 9.12. The zero-order valence-electron chi connectivity index (χ0n) is 14.4. The Kier molecular flexibility index (Phi) is 4.70. The molecule has 25 heavy (non-hydrogen) atoms. The van der Waals surface area contributed by atoms with Crippen LogP contribution in [0.1, 0.15) is 30.0 Å². The molecule has 2 heterocycles. The number of carbonyl (C=O) groups excluding carboxylic acids is 1. The molecule has 0 aromatic heterocycles. The van der Waals surface area contributed by atoms with E-state index in [9.17, 15) is 4.79 Å². The van der Waals surface area contributed by atoms with Gasteiger partial charge in [0, 0.05) is 13.0 Å². The Labute approximate surface area is 148 Å². The van der Waals surface area contributed by atoms with Gasteiger partial charge in [-0.05, 0) is 43.1 Å². The number of para-hydroxylation sites is 1. The molecule has 0 bridgehead atoms. The predicted octanol–water partition coefficient (Wildman–Crippen LogP) is 2.94. The third kappa shape index (κ3) is 3.54. The van der Waals surface area contributed by atoms with Crippen molar-refractivity contribution in [3.8, 4) is 5.75 Å². The predicted molar refractivity (Wildman–Crippen MR) is 97.6 cm³/mol. The summed E-state index contributed by atoms with van der Waals surface area (Å²) in [5.41, 5.74) is 2.38. The number of nitrogens with one attached hydrogen (secondary N) is 1. The van der Waals surface area contributed by atoms with Gasteiger partial charge >= 0.3 is 0 Å². The van der Waals surface area contributed by atoms with Crippen LogP contribution in [0.4, 0.5) is 0 Å². The van der Waals surface area contributed by atoms with E-state index < -0.39 is 6.10 Å². The number of nitrogens with zero attached hydrogens (tertiary/aromatic N) is 1. The maximum Gasteiger partial charge on any atom is 0.261 e. The van der Waals surface area contributed by atoms with Gasteiger partial charge in [0.05, 0.1) is 6.04 Å². The summed E-state index contributed by atoms with van der Waals surface area (Å²) in [6, 6.07) is 18.6. The highest BCUT2D eigenvalue weighted by atomic mass is 16.5. The molecular formula is C21H24N2O2. The maximum absolute atomic E-state index is 12.6. The quantitative estimate of drug-likeness (QED) is 0.913. The topological polar surface area (TPSA) is 41.6 Å². The summed E-state index contributed by atoms with van der Waals surface area (Å²) in [7, 11) is 0. The fourth-order valence-electron chi connectivity index (χ4n) is 3.83. The van der Waals surface area contributed by atoms with Crippen LogP contribution in [0.15, 0.2) is 54.6 Å². The number of rotatable bonds is 5. The molecule has 4 rings (SSSR count). The summed E-state index contributed by atoms with van der Waals surface area (Å²) < 4.78 is 5.81.